The Morgan fingerprint density at radius 3 is 2.00 bits per heavy atom. The first-order chi connectivity index (χ1) is 15.6. The van der Waals surface area contributed by atoms with Crippen LogP contribution in [0.4, 0.5) is 0 Å². The van der Waals surface area contributed by atoms with E-state index in [1.807, 2.05) is 54.6 Å². The van der Waals surface area contributed by atoms with Gasteiger partial charge in [-0.3, -0.25) is 4.79 Å². The minimum atomic E-state index is -0.0979. The van der Waals surface area contributed by atoms with Crippen molar-refractivity contribution in [2.75, 3.05) is 21.3 Å². The molecule has 0 aromatic heterocycles. The first-order valence-corrected chi connectivity index (χ1v) is 10.4. The molecule has 0 saturated heterocycles. The molecule has 1 N–H and O–H groups in total. The lowest BCUT2D eigenvalue weighted by Crippen LogP contribution is -2.25. The summed E-state index contributed by atoms with van der Waals surface area (Å²) in [6.45, 7) is 1.45. The van der Waals surface area contributed by atoms with Gasteiger partial charge in [0.15, 0.2) is 11.5 Å². The van der Waals surface area contributed by atoms with Gasteiger partial charge in [-0.05, 0) is 34.4 Å². The van der Waals surface area contributed by atoms with Gasteiger partial charge in [0, 0.05) is 6.54 Å². The molecule has 0 fully saturated rings. The number of carbonyl (C=O) groups excluding carboxylic acids is 1. The van der Waals surface area contributed by atoms with Crippen LogP contribution in [0.2, 0.25) is 0 Å². The van der Waals surface area contributed by atoms with Crippen molar-refractivity contribution in [3.05, 3.63) is 89.0 Å². The average molecular weight is 436 g/mol. The van der Waals surface area contributed by atoms with Crippen molar-refractivity contribution in [2.45, 2.75) is 26.2 Å². The summed E-state index contributed by atoms with van der Waals surface area (Å²) in [5.41, 5.74) is 3.98. The van der Waals surface area contributed by atoms with E-state index in [1.54, 1.807) is 33.5 Å². The van der Waals surface area contributed by atoms with Gasteiger partial charge in [-0.25, -0.2) is 0 Å². The summed E-state index contributed by atoms with van der Waals surface area (Å²) < 4.78 is 21.9. The third-order valence-electron chi connectivity index (χ3n) is 5.05. The van der Waals surface area contributed by atoms with Crippen molar-refractivity contribution >= 4 is 5.91 Å². The summed E-state index contributed by atoms with van der Waals surface area (Å²) in [5.74, 6) is 1.45. The molecule has 0 bridgehead atoms. The smallest absolute Gasteiger partial charge is 0.224 e. The Labute approximate surface area is 189 Å². The molecule has 0 saturated carbocycles. The van der Waals surface area contributed by atoms with Crippen LogP contribution in [-0.4, -0.2) is 27.2 Å². The molecule has 168 valence electrons. The van der Waals surface area contributed by atoms with Crippen molar-refractivity contribution in [3.63, 3.8) is 0 Å². The predicted octanol–water partition coefficient (Wildman–Crippen LogP) is 4.29. The molecular weight excluding hydrogens is 406 g/mol. The predicted molar refractivity (Wildman–Crippen MR) is 123 cm³/mol. The summed E-state index contributed by atoms with van der Waals surface area (Å²) in [4.78, 5) is 12.6. The number of ether oxygens (including phenoxy) is 4. The molecule has 0 unspecified atom stereocenters. The Kier molecular flexibility index (Phi) is 8.52. The van der Waals surface area contributed by atoms with Gasteiger partial charge in [-0.2, -0.15) is 0 Å². The van der Waals surface area contributed by atoms with Crippen molar-refractivity contribution in [1.82, 2.24) is 5.32 Å². The molecule has 0 aliphatic heterocycles. The van der Waals surface area contributed by atoms with E-state index in [9.17, 15) is 4.79 Å². The molecule has 32 heavy (non-hydrogen) atoms. The quantitative estimate of drug-likeness (QED) is 0.487. The van der Waals surface area contributed by atoms with Crippen molar-refractivity contribution in [2.24, 2.45) is 0 Å². The lowest BCUT2D eigenvalue weighted by Gasteiger charge is -2.14. The van der Waals surface area contributed by atoms with Crippen LogP contribution in [0.1, 0.15) is 22.3 Å². The fourth-order valence-electron chi connectivity index (χ4n) is 3.40. The molecule has 0 aliphatic carbocycles. The van der Waals surface area contributed by atoms with Crippen LogP contribution in [0.5, 0.6) is 17.2 Å². The Balaban J connectivity index is 1.58. The maximum atomic E-state index is 12.6. The Bertz CT molecular complexity index is 995. The van der Waals surface area contributed by atoms with Gasteiger partial charge in [0.25, 0.3) is 0 Å². The SMILES string of the molecule is COc1cc(CC(=O)NCc2ccccc2COCc2ccccc2)cc(OC)c1OC. The minimum absolute atomic E-state index is 0.0979. The second-order valence-corrected chi connectivity index (χ2v) is 7.23. The third kappa shape index (κ3) is 6.25. The number of nitrogens with one attached hydrogen (secondary N) is 1. The zero-order valence-electron chi connectivity index (χ0n) is 18.7. The Morgan fingerprint density at radius 2 is 1.38 bits per heavy atom. The standard InChI is InChI=1S/C26H29NO5/c1-29-23-13-20(14-24(30-2)26(23)31-3)15-25(28)27-16-21-11-7-8-12-22(21)18-32-17-19-9-5-4-6-10-19/h4-14H,15-18H2,1-3H3,(H,27,28). The van der Waals surface area contributed by atoms with Crippen LogP contribution in [-0.2, 0) is 35.7 Å². The molecule has 0 atom stereocenters. The monoisotopic (exact) mass is 435 g/mol. The fraction of sp³-hybridized carbons (Fsp3) is 0.269. The topological polar surface area (TPSA) is 66.0 Å². The zero-order valence-corrected chi connectivity index (χ0v) is 18.7. The van der Waals surface area contributed by atoms with Crippen LogP contribution in [0, 0.1) is 0 Å². The first-order valence-electron chi connectivity index (χ1n) is 10.4. The zero-order chi connectivity index (χ0) is 22.8. The third-order valence-corrected chi connectivity index (χ3v) is 5.05. The second-order valence-electron chi connectivity index (χ2n) is 7.23. The first kappa shape index (κ1) is 23.2. The molecule has 3 aromatic rings. The average Bonchev–Trinajstić information content (AvgIpc) is 2.83. The summed E-state index contributed by atoms with van der Waals surface area (Å²) in [6, 6.07) is 21.6. The molecule has 1 amide bonds. The van der Waals surface area contributed by atoms with E-state index in [4.69, 9.17) is 18.9 Å². The van der Waals surface area contributed by atoms with Crippen LogP contribution in [0.25, 0.3) is 0 Å². The summed E-state index contributed by atoms with van der Waals surface area (Å²) >= 11 is 0. The molecule has 0 aliphatic rings. The highest BCUT2D eigenvalue weighted by atomic mass is 16.5. The molecule has 6 heteroatoms. The highest BCUT2D eigenvalue weighted by Crippen LogP contribution is 2.38. The van der Waals surface area contributed by atoms with E-state index >= 15 is 0 Å². The van der Waals surface area contributed by atoms with Crippen LogP contribution >= 0.6 is 0 Å². The molecule has 0 heterocycles. The molecule has 3 rings (SSSR count). The van der Waals surface area contributed by atoms with E-state index in [0.29, 0.717) is 37.0 Å². The highest BCUT2D eigenvalue weighted by molar-refractivity contribution is 5.79. The maximum Gasteiger partial charge on any atom is 0.224 e. The van der Waals surface area contributed by atoms with Crippen molar-refractivity contribution in [1.29, 1.82) is 0 Å². The second kappa shape index (κ2) is 11.8. The van der Waals surface area contributed by atoms with E-state index in [1.165, 1.54) is 0 Å². The van der Waals surface area contributed by atoms with E-state index < -0.39 is 0 Å². The van der Waals surface area contributed by atoms with E-state index in [-0.39, 0.29) is 12.3 Å². The number of amides is 1. The highest BCUT2D eigenvalue weighted by Gasteiger charge is 2.15. The minimum Gasteiger partial charge on any atom is -0.493 e. The number of hydrogen-bond donors (Lipinski definition) is 1. The van der Waals surface area contributed by atoms with Crippen LogP contribution in [0.15, 0.2) is 66.7 Å². The van der Waals surface area contributed by atoms with Gasteiger partial charge in [0.2, 0.25) is 11.7 Å². The van der Waals surface area contributed by atoms with E-state index in [0.717, 1.165) is 22.3 Å². The van der Waals surface area contributed by atoms with Gasteiger partial charge in [0.05, 0.1) is 41.0 Å². The lowest BCUT2D eigenvalue weighted by atomic mass is 10.1. The van der Waals surface area contributed by atoms with Gasteiger partial charge >= 0.3 is 0 Å². The molecular formula is C26H29NO5. The Hall–Kier alpha value is -3.51. The van der Waals surface area contributed by atoms with E-state index in [2.05, 4.69) is 5.32 Å². The Morgan fingerprint density at radius 1 is 0.750 bits per heavy atom. The number of hydrogen-bond acceptors (Lipinski definition) is 5. The van der Waals surface area contributed by atoms with Gasteiger partial charge in [0.1, 0.15) is 0 Å². The number of rotatable bonds is 11. The number of benzene rings is 3. The van der Waals surface area contributed by atoms with Crippen molar-refractivity contribution in [3.8, 4) is 17.2 Å². The van der Waals surface area contributed by atoms with Crippen molar-refractivity contribution < 1.29 is 23.7 Å². The van der Waals surface area contributed by atoms with Gasteiger partial charge in [-0.15, -0.1) is 0 Å². The molecule has 3 aromatic carbocycles. The summed E-state index contributed by atoms with van der Waals surface area (Å²) in [7, 11) is 4.66. The van der Waals surface area contributed by atoms with Crippen LogP contribution < -0.4 is 19.5 Å². The lowest BCUT2D eigenvalue weighted by molar-refractivity contribution is -0.120. The molecule has 6 nitrogen and oxygen atoms in total. The summed E-state index contributed by atoms with van der Waals surface area (Å²) in [5, 5.41) is 2.99. The molecule has 0 spiro atoms. The van der Waals surface area contributed by atoms with Crippen LogP contribution in [0.3, 0.4) is 0 Å². The maximum absolute atomic E-state index is 12.6. The largest absolute Gasteiger partial charge is 0.493 e. The summed E-state index contributed by atoms with van der Waals surface area (Å²) in [6.07, 6.45) is 0.198. The fourth-order valence-corrected chi connectivity index (χ4v) is 3.40. The number of carbonyl (C=O) groups is 1. The normalized spacial score (nSPS) is 10.5. The van der Waals surface area contributed by atoms with Gasteiger partial charge < -0.3 is 24.3 Å². The van der Waals surface area contributed by atoms with Gasteiger partial charge in [-0.1, -0.05) is 54.6 Å². The number of methoxy groups -OCH3 is 3. The molecule has 0 radical (unpaired) electrons.